The lowest BCUT2D eigenvalue weighted by Gasteiger charge is -2.46. The smallest absolute Gasteiger partial charge is 0.120 e. The van der Waals surface area contributed by atoms with E-state index < -0.39 is 0 Å². The minimum atomic E-state index is 0.390. The Morgan fingerprint density at radius 2 is 1.82 bits per heavy atom. The summed E-state index contributed by atoms with van der Waals surface area (Å²) in [6.45, 7) is 8.85. The zero-order valence-electron chi connectivity index (χ0n) is 14.4. The maximum atomic E-state index is 6.15. The predicted molar refractivity (Wildman–Crippen MR) is 96.1 cm³/mol. The summed E-state index contributed by atoms with van der Waals surface area (Å²) in [6.07, 6.45) is 4.81. The van der Waals surface area contributed by atoms with Crippen molar-refractivity contribution in [3.05, 3.63) is 24.3 Å². The molecule has 2 fully saturated rings. The number of ether oxygens (including phenoxy) is 1. The van der Waals surface area contributed by atoms with E-state index in [1.807, 2.05) is 13.8 Å². The van der Waals surface area contributed by atoms with Crippen molar-refractivity contribution in [2.45, 2.75) is 43.7 Å². The molecule has 0 radical (unpaired) electrons. The molecule has 2 heterocycles. The van der Waals surface area contributed by atoms with Gasteiger partial charge in [-0.3, -0.25) is 4.90 Å². The van der Waals surface area contributed by atoms with E-state index in [0.29, 0.717) is 6.10 Å². The summed E-state index contributed by atoms with van der Waals surface area (Å²) in [5.41, 5.74) is 0. The minimum Gasteiger partial charge on any atom is -0.490 e. The largest absolute Gasteiger partial charge is 0.490 e. The summed E-state index contributed by atoms with van der Waals surface area (Å²) >= 11 is 1.77. The SMILES string of the molecule is CC.CSc1cccc(OC2CCN(C3CN(C)C3)CC2)c1. The van der Waals surface area contributed by atoms with E-state index in [1.54, 1.807) is 11.8 Å². The maximum absolute atomic E-state index is 6.15. The molecule has 124 valence electrons. The molecule has 3 nitrogen and oxygen atoms in total. The van der Waals surface area contributed by atoms with Crippen molar-refractivity contribution in [2.24, 2.45) is 0 Å². The molecule has 0 aliphatic carbocycles. The highest BCUT2D eigenvalue weighted by Crippen LogP contribution is 2.25. The number of nitrogens with zero attached hydrogens (tertiary/aromatic N) is 2. The summed E-state index contributed by atoms with van der Waals surface area (Å²) in [5, 5.41) is 0. The van der Waals surface area contributed by atoms with Gasteiger partial charge in [-0.15, -0.1) is 11.8 Å². The first kappa shape index (κ1) is 17.6. The van der Waals surface area contributed by atoms with Gasteiger partial charge in [-0.25, -0.2) is 0 Å². The second-order valence-corrected chi connectivity index (χ2v) is 6.79. The van der Waals surface area contributed by atoms with Crippen LogP contribution in [-0.4, -0.2) is 61.4 Å². The third-order valence-electron chi connectivity index (χ3n) is 4.38. The van der Waals surface area contributed by atoms with Crippen LogP contribution < -0.4 is 4.74 Å². The number of rotatable bonds is 4. The second-order valence-electron chi connectivity index (χ2n) is 5.91. The monoisotopic (exact) mass is 322 g/mol. The van der Waals surface area contributed by atoms with Crippen LogP contribution in [0.1, 0.15) is 26.7 Å². The Hall–Kier alpha value is -0.710. The summed E-state index contributed by atoms with van der Waals surface area (Å²) < 4.78 is 6.15. The van der Waals surface area contributed by atoms with Gasteiger partial charge in [-0.1, -0.05) is 19.9 Å². The molecule has 0 unspecified atom stereocenters. The first-order valence-electron chi connectivity index (χ1n) is 8.48. The van der Waals surface area contributed by atoms with Crippen LogP contribution in [0.2, 0.25) is 0 Å². The number of likely N-dealkylation sites (N-methyl/N-ethyl adjacent to an activating group) is 1. The predicted octanol–water partition coefficient (Wildman–Crippen LogP) is 3.59. The number of thioether (sulfide) groups is 1. The standard InChI is InChI=1S/C16H24N2OS.C2H6/c1-17-11-13(12-17)18-8-6-14(7-9-18)19-15-4-3-5-16(10-15)20-2;1-2/h3-5,10,13-14H,6-9,11-12H2,1-2H3;1-2H3. The van der Waals surface area contributed by atoms with E-state index >= 15 is 0 Å². The van der Waals surface area contributed by atoms with E-state index in [9.17, 15) is 0 Å². The molecule has 3 rings (SSSR count). The molecule has 4 heteroatoms. The lowest BCUT2D eigenvalue weighted by atomic mass is 10.0. The summed E-state index contributed by atoms with van der Waals surface area (Å²) in [6, 6.07) is 9.24. The van der Waals surface area contributed by atoms with Gasteiger partial charge >= 0.3 is 0 Å². The van der Waals surface area contributed by atoms with Crippen LogP contribution >= 0.6 is 11.8 Å². The quantitative estimate of drug-likeness (QED) is 0.787. The summed E-state index contributed by atoms with van der Waals surface area (Å²) in [7, 11) is 2.20. The fourth-order valence-corrected chi connectivity index (χ4v) is 3.57. The van der Waals surface area contributed by atoms with Gasteiger partial charge in [0.1, 0.15) is 11.9 Å². The molecule has 1 aromatic carbocycles. The minimum absolute atomic E-state index is 0.390. The highest BCUT2D eigenvalue weighted by molar-refractivity contribution is 7.98. The Bertz CT molecular complexity index is 440. The second kappa shape index (κ2) is 8.80. The van der Waals surface area contributed by atoms with Gasteiger partial charge in [-0.2, -0.15) is 0 Å². The van der Waals surface area contributed by atoms with Crippen LogP contribution in [0, 0.1) is 0 Å². The first-order chi connectivity index (χ1) is 10.7. The molecule has 0 N–H and O–H groups in total. The van der Waals surface area contributed by atoms with Gasteiger partial charge in [0.2, 0.25) is 0 Å². The molecular formula is C18H30N2OS. The van der Waals surface area contributed by atoms with Gasteiger partial charge < -0.3 is 9.64 Å². The van der Waals surface area contributed by atoms with Crippen molar-refractivity contribution in [1.82, 2.24) is 9.80 Å². The third-order valence-corrected chi connectivity index (χ3v) is 5.11. The molecule has 0 aromatic heterocycles. The molecule has 2 aliphatic heterocycles. The average molecular weight is 323 g/mol. The van der Waals surface area contributed by atoms with Crippen LogP contribution in [0.5, 0.6) is 5.75 Å². The van der Waals surface area contributed by atoms with Crippen molar-refractivity contribution < 1.29 is 4.74 Å². The van der Waals surface area contributed by atoms with Crippen LogP contribution in [0.25, 0.3) is 0 Å². The van der Waals surface area contributed by atoms with Crippen molar-refractivity contribution >= 4 is 11.8 Å². The lowest BCUT2D eigenvalue weighted by molar-refractivity contribution is 0.0123. The van der Waals surface area contributed by atoms with E-state index in [2.05, 4.69) is 47.4 Å². The molecule has 0 spiro atoms. The Labute approximate surface area is 140 Å². The normalized spacial score (nSPS) is 20.9. The third kappa shape index (κ3) is 4.64. The highest BCUT2D eigenvalue weighted by atomic mass is 32.2. The molecular weight excluding hydrogens is 292 g/mol. The average Bonchev–Trinajstić information content (AvgIpc) is 2.55. The van der Waals surface area contributed by atoms with Crippen LogP contribution in [0.4, 0.5) is 0 Å². The topological polar surface area (TPSA) is 15.7 Å². The van der Waals surface area contributed by atoms with Crippen molar-refractivity contribution in [3.8, 4) is 5.75 Å². The number of benzene rings is 1. The number of hydrogen-bond donors (Lipinski definition) is 0. The van der Waals surface area contributed by atoms with E-state index in [-0.39, 0.29) is 0 Å². The zero-order chi connectivity index (χ0) is 15.9. The molecule has 0 bridgehead atoms. The molecule has 0 amide bonds. The van der Waals surface area contributed by atoms with Crippen LogP contribution in [0.15, 0.2) is 29.2 Å². The van der Waals surface area contributed by atoms with Gasteiger partial charge in [0.15, 0.2) is 0 Å². The van der Waals surface area contributed by atoms with Crippen LogP contribution in [-0.2, 0) is 0 Å². The number of likely N-dealkylation sites (tertiary alicyclic amines) is 2. The molecule has 1 aromatic rings. The highest BCUT2D eigenvalue weighted by Gasteiger charge is 2.32. The van der Waals surface area contributed by atoms with Crippen molar-refractivity contribution in [3.63, 3.8) is 0 Å². The molecule has 0 saturated carbocycles. The molecule has 22 heavy (non-hydrogen) atoms. The van der Waals surface area contributed by atoms with Crippen molar-refractivity contribution in [1.29, 1.82) is 0 Å². The Kier molecular flexibility index (Phi) is 7.06. The van der Waals surface area contributed by atoms with Gasteiger partial charge in [-0.05, 0) is 44.3 Å². The van der Waals surface area contributed by atoms with Gasteiger partial charge in [0, 0.05) is 37.1 Å². The molecule has 2 aliphatic rings. The molecule has 0 atom stereocenters. The van der Waals surface area contributed by atoms with Crippen molar-refractivity contribution in [2.75, 3.05) is 39.5 Å². The summed E-state index contributed by atoms with van der Waals surface area (Å²) in [5.74, 6) is 1.03. The Morgan fingerprint density at radius 3 is 2.41 bits per heavy atom. The zero-order valence-corrected chi connectivity index (χ0v) is 15.2. The van der Waals surface area contributed by atoms with E-state index in [4.69, 9.17) is 4.74 Å². The Morgan fingerprint density at radius 1 is 1.14 bits per heavy atom. The van der Waals surface area contributed by atoms with Crippen LogP contribution in [0.3, 0.4) is 0 Å². The van der Waals surface area contributed by atoms with Gasteiger partial charge in [0.05, 0.1) is 0 Å². The number of hydrogen-bond acceptors (Lipinski definition) is 4. The first-order valence-corrected chi connectivity index (χ1v) is 9.70. The Balaban J connectivity index is 0.000000847. The number of piperidine rings is 1. The maximum Gasteiger partial charge on any atom is 0.120 e. The van der Waals surface area contributed by atoms with Gasteiger partial charge in [0.25, 0.3) is 0 Å². The fraction of sp³-hybridized carbons (Fsp3) is 0.667. The van der Waals surface area contributed by atoms with E-state index in [1.165, 1.54) is 31.1 Å². The molecule has 2 saturated heterocycles. The van der Waals surface area contributed by atoms with E-state index in [0.717, 1.165) is 24.6 Å². The lowest BCUT2D eigenvalue weighted by Crippen LogP contribution is -2.59. The fourth-order valence-electron chi connectivity index (χ4n) is 3.12. The summed E-state index contributed by atoms with van der Waals surface area (Å²) in [4.78, 5) is 6.30.